The Kier molecular flexibility index (Phi) is 6.14. The van der Waals surface area contributed by atoms with E-state index in [1.807, 2.05) is 6.07 Å². The lowest BCUT2D eigenvalue weighted by atomic mass is 9.85. The first kappa shape index (κ1) is 20.2. The van der Waals surface area contributed by atoms with Crippen LogP contribution < -0.4 is 10.6 Å². The number of fused-ring (bicyclic) bond motifs is 1. The van der Waals surface area contributed by atoms with E-state index < -0.39 is 10.0 Å². The molecule has 2 N–H and O–H groups in total. The van der Waals surface area contributed by atoms with Gasteiger partial charge in [-0.05, 0) is 43.4 Å². The molecule has 0 radical (unpaired) electrons. The van der Waals surface area contributed by atoms with Crippen molar-refractivity contribution in [2.24, 2.45) is 11.7 Å². The maximum atomic E-state index is 12.9. The molecule has 0 bridgehead atoms. The molecule has 2 unspecified atom stereocenters. The lowest BCUT2D eigenvalue weighted by molar-refractivity contribution is -0.123. The summed E-state index contributed by atoms with van der Waals surface area (Å²) in [4.78, 5) is 14.9. The summed E-state index contributed by atoms with van der Waals surface area (Å²) < 4.78 is 25.9. The zero-order valence-electron chi connectivity index (χ0n) is 14.6. The Morgan fingerprint density at radius 3 is 2.64 bits per heavy atom. The molecule has 140 valence electrons. The van der Waals surface area contributed by atoms with Crippen LogP contribution in [0.3, 0.4) is 0 Å². The van der Waals surface area contributed by atoms with Crippen molar-refractivity contribution in [1.29, 1.82) is 0 Å². The number of hydrogen-bond acceptors (Lipinski definition) is 4. The Morgan fingerprint density at radius 1 is 1.28 bits per heavy atom. The second-order valence-electron chi connectivity index (χ2n) is 6.94. The average Bonchev–Trinajstić information content (AvgIpc) is 2.97. The van der Waals surface area contributed by atoms with Gasteiger partial charge in [-0.15, -0.1) is 12.4 Å². The first-order valence-electron chi connectivity index (χ1n) is 8.43. The predicted octanol–water partition coefficient (Wildman–Crippen LogP) is 1.77. The molecular weight excluding hydrogens is 362 g/mol. The van der Waals surface area contributed by atoms with E-state index >= 15 is 0 Å². The molecule has 3 rings (SSSR count). The third kappa shape index (κ3) is 3.84. The number of hydrogen-bond donors (Lipinski definition) is 1. The number of amides is 1. The van der Waals surface area contributed by atoms with Crippen molar-refractivity contribution in [3.05, 3.63) is 23.8 Å². The predicted molar refractivity (Wildman–Crippen MR) is 101 cm³/mol. The standard InChI is InChI=1S/C17H25N3O3S.ClH/c1-19(2)24(22,23)15-7-6-12-8-9-20(16(12)11-15)17(21)13-4-3-5-14(18)10-13;/h6-7,11,13-14H,3-5,8-10,18H2,1-2H3;1H. The second-order valence-corrected chi connectivity index (χ2v) is 9.09. The van der Waals surface area contributed by atoms with Gasteiger partial charge in [-0.2, -0.15) is 0 Å². The van der Waals surface area contributed by atoms with Crippen LogP contribution in [0, 0.1) is 5.92 Å². The highest BCUT2D eigenvalue weighted by atomic mass is 35.5. The SMILES string of the molecule is CN(C)S(=O)(=O)c1ccc2c(c1)N(C(=O)C1CCCC(N)C1)CC2.Cl. The van der Waals surface area contributed by atoms with Gasteiger partial charge in [0.05, 0.1) is 4.90 Å². The fourth-order valence-electron chi connectivity index (χ4n) is 3.63. The van der Waals surface area contributed by atoms with Crippen molar-refractivity contribution in [3.8, 4) is 0 Å². The van der Waals surface area contributed by atoms with E-state index in [2.05, 4.69) is 0 Å². The molecule has 6 nitrogen and oxygen atoms in total. The molecule has 1 heterocycles. The van der Waals surface area contributed by atoms with Crippen molar-refractivity contribution in [2.75, 3.05) is 25.5 Å². The van der Waals surface area contributed by atoms with Crippen LogP contribution in [0.25, 0.3) is 0 Å². The van der Waals surface area contributed by atoms with E-state index in [9.17, 15) is 13.2 Å². The van der Waals surface area contributed by atoms with E-state index in [4.69, 9.17) is 5.73 Å². The van der Waals surface area contributed by atoms with Gasteiger partial charge >= 0.3 is 0 Å². The Labute approximate surface area is 155 Å². The molecule has 25 heavy (non-hydrogen) atoms. The lowest BCUT2D eigenvalue weighted by Crippen LogP contribution is -2.40. The maximum Gasteiger partial charge on any atom is 0.242 e. The fourth-order valence-corrected chi connectivity index (χ4v) is 4.55. The lowest BCUT2D eigenvalue weighted by Gasteiger charge is -2.29. The van der Waals surface area contributed by atoms with Gasteiger partial charge in [-0.3, -0.25) is 4.79 Å². The van der Waals surface area contributed by atoms with E-state index in [1.165, 1.54) is 18.4 Å². The van der Waals surface area contributed by atoms with Crippen LogP contribution in [0.15, 0.2) is 23.1 Å². The largest absolute Gasteiger partial charge is 0.328 e. The summed E-state index contributed by atoms with van der Waals surface area (Å²) in [6.45, 7) is 0.616. The molecule has 2 atom stereocenters. The molecule has 8 heteroatoms. The third-order valence-corrected chi connectivity index (χ3v) is 6.87. The first-order valence-corrected chi connectivity index (χ1v) is 9.87. The van der Waals surface area contributed by atoms with Crippen LogP contribution in [-0.4, -0.2) is 45.3 Å². The van der Waals surface area contributed by atoms with Crippen LogP contribution in [-0.2, 0) is 21.2 Å². The highest BCUT2D eigenvalue weighted by molar-refractivity contribution is 7.89. The number of nitrogens with two attached hydrogens (primary N) is 1. The van der Waals surface area contributed by atoms with Crippen LogP contribution >= 0.6 is 12.4 Å². The summed E-state index contributed by atoms with van der Waals surface area (Å²) in [5.41, 5.74) is 7.78. The summed E-state index contributed by atoms with van der Waals surface area (Å²) in [6, 6.07) is 5.18. The van der Waals surface area contributed by atoms with Gasteiger partial charge < -0.3 is 10.6 Å². The molecule has 2 aliphatic rings. The second kappa shape index (κ2) is 7.61. The Morgan fingerprint density at radius 2 is 2.00 bits per heavy atom. The summed E-state index contributed by atoms with van der Waals surface area (Å²) in [7, 11) is -0.488. The smallest absolute Gasteiger partial charge is 0.242 e. The normalized spacial score (nSPS) is 23.3. The summed E-state index contributed by atoms with van der Waals surface area (Å²) >= 11 is 0. The van der Waals surface area contributed by atoms with E-state index in [0.29, 0.717) is 6.54 Å². The minimum absolute atomic E-state index is 0. The molecule has 0 spiro atoms. The number of halogens is 1. The molecule has 1 aliphatic heterocycles. The number of carbonyl (C=O) groups excluding carboxylic acids is 1. The van der Waals surface area contributed by atoms with Gasteiger partial charge in [0.2, 0.25) is 15.9 Å². The quantitative estimate of drug-likeness (QED) is 0.856. The first-order chi connectivity index (χ1) is 11.3. The highest BCUT2D eigenvalue weighted by Crippen LogP contribution is 2.34. The molecule has 1 aromatic carbocycles. The molecular formula is C17H26ClN3O3S. The molecule has 0 saturated heterocycles. The Hall–Kier alpha value is -1.15. The minimum atomic E-state index is -3.51. The Bertz CT molecular complexity index is 752. The number of sulfonamides is 1. The third-order valence-electron chi connectivity index (χ3n) is 5.06. The monoisotopic (exact) mass is 387 g/mol. The molecule has 1 fully saturated rings. The molecule has 1 amide bonds. The van der Waals surface area contributed by atoms with Crippen molar-refractivity contribution in [2.45, 2.75) is 43.0 Å². The van der Waals surface area contributed by atoms with E-state index in [-0.39, 0.29) is 35.2 Å². The maximum absolute atomic E-state index is 12.9. The number of anilines is 1. The van der Waals surface area contributed by atoms with Crippen LogP contribution in [0.5, 0.6) is 0 Å². The highest BCUT2D eigenvalue weighted by Gasteiger charge is 2.33. The number of nitrogens with zero attached hydrogens (tertiary/aromatic N) is 2. The minimum Gasteiger partial charge on any atom is -0.328 e. The molecule has 1 aliphatic carbocycles. The van der Waals surface area contributed by atoms with Gasteiger partial charge in [0.15, 0.2) is 0 Å². The zero-order chi connectivity index (χ0) is 17.5. The van der Waals surface area contributed by atoms with Crippen LogP contribution in [0.1, 0.15) is 31.2 Å². The topological polar surface area (TPSA) is 83.7 Å². The zero-order valence-corrected chi connectivity index (χ0v) is 16.3. The number of benzene rings is 1. The van der Waals surface area contributed by atoms with Crippen molar-refractivity contribution in [1.82, 2.24) is 4.31 Å². The van der Waals surface area contributed by atoms with Crippen LogP contribution in [0.2, 0.25) is 0 Å². The Balaban J connectivity index is 0.00000225. The van der Waals surface area contributed by atoms with Crippen LogP contribution in [0.4, 0.5) is 5.69 Å². The summed E-state index contributed by atoms with van der Waals surface area (Å²) in [5, 5.41) is 0. The molecule has 1 saturated carbocycles. The summed E-state index contributed by atoms with van der Waals surface area (Å²) in [5.74, 6) is 0.0390. The van der Waals surface area contributed by atoms with Gasteiger partial charge in [0.25, 0.3) is 0 Å². The summed E-state index contributed by atoms with van der Waals surface area (Å²) in [6.07, 6.45) is 4.31. The molecule has 1 aromatic rings. The van der Waals surface area contributed by atoms with Gasteiger partial charge in [-0.25, -0.2) is 12.7 Å². The number of carbonyl (C=O) groups is 1. The van der Waals surface area contributed by atoms with E-state index in [0.717, 1.165) is 43.4 Å². The van der Waals surface area contributed by atoms with Crippen molar-refractivity contribution in [3.63, 3.8) is 0 Å². The molecule has 0 aromatic heterocycles. The number of rotatable bonds is 3. The fraction of sp³-hybridized carbons (Fsp3) is 0.588. The van der Waals surface area contributed by atoms with Gasteiger partial charge in [0, 0.05) is 38.3 Å². The average molecular weight is 388 g/mol. The van der Waals surface area contributed by atoms with Crippen molar-refractivity contribution < 1.29 is 13.2 Å². The van der Waals surface area contributed by atoms with Gasteiger partial charge in [0.1, 0.15) is 0 Å². The van der Waals surface area contributed by atoms with E-state index in [1.54, 1.807) is 17.0 Å². The van der Waals surface area contributed by atoms with Crippen molar-refractivity contribution >= 4 is 34.0 Å². The van der Waals surface area contributed by atoms with Gasteiger partial charge in [-0.1, -0.05) is 12.5 Å².